The molecule has 0 saturated carbocycles. The van der Waals surface area contributed by atoms with Gasteiger partial charge < -0.3 is 9.42 Å². The molecule has 0 atom stereocenters. The number of aromatic nitrogens is 2. The summed E-state index contributed by atoms with van der Waals surface area (Å²) in [5.41, 5.74) is 2.38. The Balaban J connectivity index is 1.41. The van der Waals surface area contributed by atoms with E-state index in [2.05, 4.69) is 10.1 Å². The summed E-state index contributed by atoms with van der Waals surface area (Å²) in [5, 5.41) is 4.63. The Morgan fingerprint density at radius 1 is 1.10 bits per heavy atom. The van der Waals surface area contributed by atoms with E-state index in [-0.39, 0.29) is 5.91 Å². The quantitative estimate of drug-likeness (QED) is 0.602. The number of pyridine rings is 1. The molecule has 4 rings (SSSR count). The van der Waals surface area contributed by atoms with Gasteiger partial charge in [0.25, 0.3) is 16.1 Å². The number of amides is 1. The first-order valence-corrected chi connectivity index (χ1v) is 12.8. The summed E-state index contributed by atoms with van der Waals surface area (Å²) < 4.78 is 33.8. The number of hydrogen-bond donors (Lipinski definition) is 0. The molecule has 2 saturated heterocycles. The number of hydrogen-bond acceptors (Lipinski definition) is 7. The second-order valence-corrected chi connectivity index (χ2v) is 10.6. The average molecular weight is 466 g/mol. The molecule has 0 aromatic carbocycles. The van der Waals surface area contributed by atoms with Crippen LogP contribution in [0.3, 0.4) is 0 Å². The number of thioether (sulfide) groups is 1. The van der Waals surface area contributed by atoms with Gasteiger partial charge in [0, 0.05) is 56.8 Å². The van der Waals surface area contributed by atoms with E-state index in [1.54, 1.807) is 27.5 Å². The molecule has 11 heteroatoms. The van der Waals surface area contributed by atoms with Crippen LogP contribution in [-0.4, -0.2) is 77.2 Å². The molecule has 168 valence electrons. The Morgan fingerprint density at radius 2 is 1.77 bits per heavy atom. The van der Waals surface area contributed by atoms with E-state index < -0.39 is 10.2 Å². The van der Waals surface area contributed by atoms with Gasteiger partial charge in [-0.25, -0.2) is 4.98 Å². The Bertz CT molecular complexity index is 1020. The van der Waals surface area contributed by atoms with Gasteiger partial charge in [0.2, 0.25) is 0 Å². The largest absolute Gasteiger partial charge is 0.361 e. The maximum atomic E-state index is 13.2. The number of aryl methyl sites for hydroxylation is 2. The third-order valence-corrected chi connectivity index (χ3v) is 8.85. The first kappa shape index (κ1) is 22.3. The van der Waals surface area contributed by atoms with E-state index in [4.69, 9.17) is 4.52 Å². The Kier molecular flexibility index (Phi) is 6.65. The highest BCUT2D eigenvalue weighted by molar-refractivity contribution is 7.98. The third-order valence-electron chi connectivity index (χ3n) is 5.78. The fourth-order valence-electron chi connectivity index (χ4n) is 3.89. The van der Waals surface area contributed by atoms with Crippen LogP contribution < -0.4 is 0 Å². The van der Waals surface area contributed by atoms with Gasteiger partial charge in [-0.2, -0.15) is 17.0 Å². The van der Waals surface area contributed by atoms with E-state index in [0.717, 1.165) is 29.9 Å². The Labute approximate surface area is 187 Å². The fraction of sp³-hybridized carbons (Fsp3) is 0.550. The lowest BCUT2D eigenvalue weighted by Gasteiger charge is -2.36. The Morgan fingerprint density at radius 3 is 2.42 bits per heavy atom. The van der Waals surface area contributed by atoms with Crippen LogP contribution in [-0.2, 0) is 16.0 Å². The van der Waals surface area contributed by atoms with Crippen LogP contribution in [0.15, 0.2) is 27.9 Å². The molecule has 0 N–H and O–H groups in total. The maximum absolute atomic E-state index is 13.2. The highest BCUT2D eigenvalue weighted by Crippen LogP contribution is 2.28. The van der Waals surface area contributed by atoms with Gasteiger partial charge in [0.05, 0.1) is 11.3 Å². The van der Waals surface area contributed by atoms with Crippen LogP contribution in [0, 0.1) is 13.8 Å². The molecule has 2 aromatic heterocycles. The van der Waals surface area contributed by atoms with Crippen LogP contribution >= 0.6 is 11.8 Å². The first-order valence-electron chi connectivity index (χ1n) is 10.4. The van der Waals surface area contributed by atoms with Crippen LogP contribution in [0.1, 0.15) is 40.2 Å². The predicted molar refractivity (Wildman–Crippen MR) is 117 cm³/mol. The zero-order valence-electron chi connectivity index (χ0n) is 17.8. The zero-order chi connectivity index (χ0) is 22.0. The molecule has 0 spiro atoms. The highest BCUT2D eigenvalue weighted by Gasteiger charge is 2.35. The SMILES string of the molecule is Cc1noc(C)c1CSc1ncccc1C(=O)N1CCN(S(=O)(=O)N2CCCC2)CC1. The van der Waals surface area contributed by atoms with Crippen molar-refractivity contribution < 1.29 is 17.7 Å². The van der Waals surface area contributed by atoms with Gasteiger partial charge in [-0.05, 0) is 38.8 Å². The summed E-state index contributed by atoms with van der Waals surface area (Å²) in [5.74, 6) is 1.26. The van der Waals surface area contributed by atoms with E-state index in [0.29, 0.717) is 55.6 Å². The third kappa shape index (κ3) is 4.64. The van der Waals surface area contributed by atoms with E-state index in [1.807, 2.05) is 13.8 Å². The monoisotopic (exact) mass is 465 g/mol. The normalized spacial score (nSPS) is 18.6. The molecule has 2 fully saturated rings. The van der Waals surface area contributed by atoms with Gasteiger partial charge in [0.1, 0.15) is 10.8 Å². The zero-order valence-corrected chi connectivity index (χ0v) is 19.4. The van der Waals surface area contributed by atoms with Gasteiger partial charge in [-0.1, -0.05) is 5.16 Å². The predicted octanol–water partition coefficient (Wildman–Crippen LogP) is 2.08. The lowest BCUT2D eigenvalue weighted by Crippen LogP contribution is -2.53. The summed E-state index contributed by atoms with van der Waals surface area (Å²) in [4.78, 5) is 19.3. The van der Waals surface area contributed by atoms with Crippen LogP contribution in [0.2, 0.25) is 0 Å². The molecule has 31 heavy (non-hydrogen) atoms. The lowest BCUT2D eigenvalue weighted by atomic mass is 10.2. The van der Waals surface area contributed by atoms with Crippen molar-refractivity contribution in [3.63, 3.8) is 0 Å². The molecule has 0 radical (unpaired) electrons. The topological polar surface area (TPSA) is 99.9 Å². The molecular weight excluding hydrogens is 438 g/mol. The van der Waals surface area contributed by atoms with E-state index in [9.17, 15) is 13.2 Å². The van der Waals surface area contributed by atoms with Crippen molar-refractivity contribution in [2.24, 2.45) is 0 Å². The second kappa shape index (κ2) is 9.27. The summed E-state index contributed by atoms with van der Waals surface area (Å²) in [6, 6.07) is 3.53. The average Bonchev–Trinajstić information content (AvgIpc) is 3.43. The van der Waals surface area contributed by atoms with Gasteiger partial charge >= 0.3 is 0 Å². The fourth-order valence-corrected chi connectivity index (χ4v) is 6.70. The van der Waals surface area contributed by atoms with E-state index >= 15 is 0 Å². The number of nitrogens with zero attached hydrogens (tertiary/aromatic N) is 5. The number of rotatable bonds is 6. The second-order valence-electron chi connectivity index (χ2n) is 7.75. The number of carbonyl (C=O) groups is 1. The molecule has 0 unspecified atom stereocenters. The molecule has 0 aliphatic carbocycles. The molecule has 9 nitrogen and oxygen atoms in total. The summed E-state index contributed by atoms with van der Waals surface area (Å²) in [7, 11) is -3.43. The molecule has 2 aliphatic rings. The van der Waals surface area contributed by atoms with Crippen molar-refractivity contribution in [1.29, 1.82) is 0 Å². The minimum atomic E-state index is -3.43. The number of piperazine rings is 1. The Hall–Kier alpha value is -1.95. The molecular formula is C20H27N5O4S2. The molecule has 4 heterocycles. The smallest absolute Gasteiger partial charge is 0.282 e. The van der Waals surface area contributed by atoms with Crippen LogP contribution in [0.4, 0.5) is 0 Å². The van der Waals surface area contributed by atoms with E-state index in [1.165, 1.54) is 16.1 Å². The molecule has 1 amide bonds. The first-order chi connectivity index (χ1) is 14.9. The van der Waals surface area contributed by atoms with Gasteiger partial charge in [0.15, 0.2) is 0 Å². The summed E-state index contributed by atoms with van der Waals surface area (Å²) in [6.45, 7) is 6.30. The van der Waals surface area contributed by atoms with Gasteiger partial charge in [-0.15, -0.1) is 11.8 Å². The van der Waals surface area contributed by atoms with Crippen molar-refractivity contribution in [3.8, 4) is 0 Å². The number of carbonyl (C=O) groups excluding carboxylic acids is 1. The van der Waals surface area contributed by atoms with Crippen LogP contribution in [0.25, 0.3) is 0 Å². The minimum absolute atomic E-state index is 0.118. The van der Waals surface area contributed by atoms with Crippen molar-refractivity contribution in [2.45, 2.75) is 37.5 Å². The lowest BCUT2D eigenvalue weighted by molar-refractivity contribution is 0.0690. The highest BCUT2D eigenvalue weighted by atomic mass is 32.2. The summed E-state index contributed by atoms with van der Waals surface area (Å²) in [6.07, 6.45) is 3.49. The summed E-state index contributed by atoms with van der Waals surface area (Å²) >= 11 is 1.48. The van der Waals surface area contributed by atoms with Crippen molar-refractivity contribution in [2.75, 3.05) is 39.3 Å². The van der Waals surface area contributed by atoms with Crippen molar-refractivity contribution in [3.05, 3.63) is 40.9 Å². The standard InChI is InChI=1S/C20H27N5O4S2/c1-15-18(16(2)29-22-15)14-30-19-17(6-5-7-21-19)20(26)23-10-12-25(13-11-23)31(27,28)24-8-3-4-9-24/h5-7H,3-4,8-14H2,1-2H3. The van der Waals surface area contributed by atoms with Crippen molar-refractivity contribution >= 4 is 27.9 Å². The van der Waals surface area contributed by atoms with Gasteiger partial charge in [-0.3, -0.25) is 4.79 Å². The molecule has 0 bridgehead atoms. The minimum Gasteiger partial charge on any atom is -0.361 e. The maximum Gasteiger partial charge on any atom is 0.282 e. The molecule has 2 aliphatic heterocycles. The van der Waals surface area contributed by atoms with Crippen LogP contribution in [0.5, 0.6) is 0 Å². The molecule has 2 aromatic rings. The van der Waals surface area contributed by atoms with Crippen molar-refractivity contribution in [1.82, 2.24) is 23.7 Å².